The van der Waals surface area contributed by atoms with Crippen LogP contribution in [0.2, 0.25) is 0 Å². The third-order valence-electron chi connectivity index (χ3n) is 6.67. The molecule has 3 rings (SSSR count). The van der Waals surface area contributed by atoms with Crippen molar-refractivity contribution >= 4 is 0 Å². The summed E-state index contributed by atoms with van der Waals surface area (Å²) >= 11 is 0. The molecule has 1 aliphatic rings. The monoisotopic (exact) mass is 409 g/mol. The zero-order chi connectivity index (χ0) is 21.3. The highest BCUT2D eigenvalue weighted by molar-refractivity contribution is 5.47. The number of rotatable bonds is 10. The van der Waals surface area contributed by atoms with E-state index in [0.29, 0.717) is 0 Å². The molecule has 3 heteroatoms. The van der Waals surface area contributed by atoms with Crippen LogP contribution >= 0.6 is 0 Å². The van der Waals surface area contributed by atoms with Crippen LogP contribution in [0.25, 0.3) is 0 Å². The van der Waals surface area contributed by atoms with Gasteiger partial charge in [0.15, 0.2) is 11.5 Å². The lowest BCUT2D eigenvalue weighted by molar-refractivity contribution is 0.158. The Morgan fingerprint density at radius 1 is 1.00 bits per heavy atom. The predicted molar refractivity (Wildman–Crippen MR) is 125 cm³/mol. The summed E-state index contributed by atoms with van der Waals surface area (Å²) in [6.45, 7) is 8.07. The maximum atomic E-state index is 5.55. The smallest absolute Gasteiger partial charge is 0.161 e. The molecular weight excluding hydrogens is 370 g/mol. The van der Waals surface area contributed by atoms with Gasteiger partial charge in [0.2, 0.25) is 0 Å². The molecule has 0 amide bonds. The van der Waals surface area contributed by atoms with Crippen LogP contribution < -0.4 is 9.47 Å². The van der Waals surface area contributed by atoms with Gasteiger partial charge in [0.05, 0.1) is 14.2 Å². The molecule has 1 saturated heterocycles. The topological polar surface area (TPSA) is 21.7 Å². The van der Waals surface area contributed by atoms with E-state index < -0.39 is 0 Å². The predicted octanol–water partition coefficient (Wildman–Crippen LogP) is 6.27. The second-order valence-electron chi connectivity index (χ2n) is 8.93. The number of aryl methyl sites for hydroxylation is 1. The summed E-state index contributed by atoms with van der Waals surface area (Å²) in [7, 11) is 3.44. The van der Waals surface area contributed by atoms with Crippen LogP contribution in [0.15, 0.2) is 42.5 Å². The van der Waals surface area contributed by atoms with Crippen molar-refractivity contribution in [3.63, 3.8) is 0 Å². The molecule has 2 aromatic carbocycles. The van der Waals surface area contributed by atoms with E-state index in [1.807, 2.05) is 0 Å². The number of nitrogens with zero attached hydrogens (tertiary/aromatic N) is 1. The molecule has 0 saturated carbocycles. The highest BCUT2D eigenvalue weighted by Gasteiger charge is 2.23. The molecule has 3 nitrogen and oxygen atoms in total. The molecule has 0 bridgehead atoms. The van der Waals surface area contributed by atoms with E-state index in [1.54, 1.807) is 14.2 Å². The number of hydrogen-bond donors (Lipinski definition) is 0. The summed E-state index contributed by atoms with van der Waals surface area (Å²) in [4.78, 5) is 2.62. The first-order valence-corrected chi connectivity index (χ1v) is 11.6. The molecule has 0 spiro atoms. The Morgan fingerprint density at radius 3 is 2.30 bits per heavy atom. The van der Waals surface area contributed by atoms with Gasteiger partial charge in [-0.25, -0.2) is 0 Å². The van der Waals surface area contributed by atoms with E-state index in [9.17, 15) is 0 Å². The van der Waals surface area contributed by atoms with Gasteiger partial charge < -0.3 is 9.47 Å². The van der Waals surface area contributed by atoms with Crippen molar-refractivity contribution in [3.05, 3.63) is 59.2 Å². The molecule has 30 heavy (non-hydrogen) atoms. The van der Waals surface area contributed by atoms with Gasteiger partial charge >= 0.3 is 0 Å². The normalized spacial score (nSPS) is 16.4. The summed E-state index contributed by atoms with van der Waals surface area (Å²) in [5.41, 5.74) is 4.16. The van der Waals surface area contributed by atoms with Gasteiger partial charge in [-0.05, 0) is 86.4 Å². The Kier molecular flexibility index (Phi) is 8.62. The zero-order valence-electron chi connectivity index (χ0n) is 19.3. The van der Waals surface area contributed by atoms with Crippen LogP contribution in [0.5, 0.6) is 11.5 Å². The first-order chi connectivity index (χ1) is 14.6. The fraction of sp³-hybridized carbons (Fsp3) is 0.556. The Labute approximate surface area is 183 Å². The number of ether oxygens (including phenoxy) is 2. The van der Waals surface area contributed by atoms with E-state index >= 15 is 0 Å². The van der Waals surface area contributed by atoms with Gasteiger partial charge in [-0.15, -0.1) is 0 Å². The largest absolute Gasteiger partial charge is 0.493 e. The lowest BCUT2D eigenvalue weighted by atomic mass is 9.81. The van der Waals surface area contributed by atoms with E-state index in [0.717, 1.165) is 36.3 Å². The van der Waals surface area contributed by atoms with Gasteiger partial charge in [-0.3, -0.25) is 4.90 Å². The first-order valence-electron chi connectivity index (χ1n) is 11.6. The van der Waals surface area contributed by atoms with Gasteiger partial charge in [0.1, 0.15) is 0 Å². The van der Waals surface area contributed by atoms with Crippen LogP contribution in [0, 0.1) is 18.8 Å². The summed E-state index contributed by atoms with van der Waals surface area (Å²) in [5.74, 6) is 3.28. The molecule has 2 aromatic rings. The van der Waals surface area contributed by atoms with Gasteiger partial charge in [0, 0.05) is 6.54 Å². The lowest BCUT2D eigenvalue weighted by Crippen LogP contribution is -2.34. The van der Waals surface area contributed by atoms with Crippen LogP contribution in [0.3, 0.4) is 0 Å². The molecule has 1 aliphatic heterocycles. The quantitative estimate of drug-likeness (QED) is 0.461. The highest BCUT2D eigenvalue weighted by Crippen LogP contribution is 2.34. The van der Waals surface area contributed by atoms with Crippen LogP contribution in [-0.2, 0) is 13.0 Å². The van der Waals surface area contributed by atoms with Crippen molar-refractivity contribution in [2.75, 3.05) is 27.3 Å². The third-order valence-corrected chi connectivity index (χ3v) is 6.67. The van der Waals surface area contributed by atoms with Gasteiger partial charge in [-0.2, -0.15) is 0 Å². The number of piperidine rings is 1. The summed E-state index contributed by atoms with van der Waals surface area (Å²) in [6, 6.07) is 15.2. The maximum Gasteiger partial charge on any atom is 0.161 e. The molecule has 1 unspecified atom stereocenters. The fourth-order valence-corrected chi connectivity index (χ4v) is 4.96. The van der Waals surface area contributed by atoms with Crippen LogP contribution in [0.4, 0.5) is 0 Å². The number of methoxy groups -OCH3 is 2. The molecule has 1 heterocycles. The minimum atomic E-state index is 0.748. The van der Waals surface area contributed by atoms with Crippen LogP contribution in [0.1, 0.15) is 55.7 Å². The molecule has 0 aromatic heterocycles. The van der Waals surface area contributed by atoms with Gasteiger partial charge in [-0.1, -0.05) is 50.1 Å². The highest BCUT2D eigenvalue weighted by atomic mass is 16.5. The van der Waals surface area contributed by atoms with E-state index in [2.05, 4.69) is 61.2 Å². The molecule has 1 fully saturated rings. The zero-order valence-corrected chi connectivity index (χ0v) is 19.3. The van der Waals surface area contributed by atoms with E-state index in [4.69, 9.17) is 9.47 Å². The number of hydrogen-bond acceptors (Lipinski definition) is 3. The fourth-order valence-electron chi connectivity index (χ4n) is 4.96. The van der Waals surface area contributed by atoms with Gasteiger partial charge in [0.25, 0.3) is 0 Å². The second kappa shape index (κ2) is 11.4. The average molecular weight is 410 g/mol. The SMILES string of the molecule is CCCC(Cc1cc(OC)c(OC)cc1C)CC1CCN(Cc2ccccc2)CC1. The third kappa shape index (κ3) is 6.25. The minimum Gasteiger partial charge on any atom is -0.493 e. The van der Waals surface area contributed by atoms with E-state index in [-0.39, 0.29) is 0 Å². The Balaban J connectivity index is 1.56. The minimum absolute atomic E-state index is 0.748. The molecule has 0 radical (unpaired) electrons. The standard InChI is InChI=1S/C27H39NO2/c1-5-9-24(18-25-19-27(30-4)26(29-3)16-21(25)2)17-22-12-14-28(15-13-22)20-23-10-7-6-8-11-23/h6-8,10-11,16,19,22,24H,5,9,12-15,17-18,20H2,1-4H3. The van der Waals surface area contributed by atoms with Crippen molar-refractivity contribution in [1.82, 2.24) is 4.90 Å². The Bertz CT molecular complexity index is 766. The summed E-state index contributed by atoms with van der Waals surface area (Å²) < 4.78 is 11.0. The van der Waals surface area contributed by atoms with Crippen molar-refractivity contribution in [3.8, 4) is 11.5 Å². The lowest BCUT2D eigenvalue weighted by Gasteiger charge is -2.34. The van der Waals surface area contributed by atoms with Crippen LogP contribution in [-0.4, -0.2) is 32.2 Å². The molecule has 0 aliphatic carbocycles. The van der Waals surface area contributed by atoms with Crippen molar-refractivity contribution in [1.29, 1.82) is 0 Å². The second-order valence-corrected chi connectivity index (χ2v) is 8.93. The average Bonchev–Trinajstić information content (AvgIpc) is 2.77. The Hall–Kier alpha value is -2.00. The molecule has 0 N–H and O–H groups in total. The van der Waals surface area contributed by atoms with Crippen molar-refractivity contribution in [2.24, 2.45) is 11.8 Å². The molecule has 1 atom stereocenters. The molecular formula is C27H39NO2. The maximum absolute atomic E-state index is 5.55. The summed E-state index contributed by atoms with van der Waals surface area (Å²) in [5, 5.41) is 0. The molecule has 164 valence electrons. The van der Waals surface area contributed by atoms with Crippen molar-refractivity contribution in [2.45, 2.75) is 58.9 Å². The number of benzene rings is 2. The summed E-state index contributed by atoms with van der Waals surface area (Å²) in [6.07, 6.45) is 7.71. The first kappa shape index (κ1) is 22.7. The number of likely N-dealkylation sites (tertiary alicyclic amines) is 1. The van der Waals surface area contributed by atoms with E-state index in [1.165, 1.54) is 61.9 Å². The Morgan fingerprint density at radius 2 is 1.67 bits per heavy atom. The van der Waals surface area contributed by atoms with Crippen molar-refractivity contribution < 1.29 is 9.47 Å².